The maximum atomic E-state index is 13.7. The third-order valence-electron chi connectivity index (χ3n) is 6.85. The van der Waals surface area contributed by atoms with Gasteiger partial charge in [0, 0.05) is 30.7 Å². The monoisotopic (exact) mass is 511 g/mol. The predicted octanol–water partition coefficient (Wildman–Crippen LogP) is 3.38. The van der Waals surface area contributed by atoms with Crippen molar-refractivity contribution in [2.24, 2.45) is 0 Å². The molecule has 0 aliphatic carbocycles. The minimum Gasteiger partial charge on any atom is -0.378 e. The molecule has 8 nitrogen and oxygen atoms in total. The Hall–Kier alpha value is -2.72. The van der Waals surface area contributed by atoms with Gasteiger partial charge >= 0.3 is 0 Å². The van der Waals surface area contributed by atoms with Crippen LogP contribution in [0.5, 0.6) is 0 Å². The predicted molar refractivity (Wildman–Crippen MR) is 140 cm³/mol. The maximum Gasteiger partial charge on any atom is 0.258 e. The van der Waals surface area contributed by atoms with Crippen LogP contribution in [0.2, 0.25) is 5.02 Å². The number of amides is 1. The minimum absolute atomic E-state index is 0.0158. The van der Waals surface area contributed by atoms with E-state index in [2.05, 4.69) is 22.2 Å². The number of likely N-dealkylation sites (tertiary alicyclic amines) is 1. The summed E-state index contributed by atoms with van der Waals surface area (Å²) < 4.78 is 8.34. The van der Waals surface area contributed by atoms with Gasteiger partial charge in [-0.25, -0.2) is 4.98 Å². The van der Waals surface area contributed by atoms with E-state index in [1.807, 2.05) is 28.7 Å². The lowest BCUT2D eigenvalue weighted by Crippen LogP contribution is -2.47. The van der Waals surface area contributed by atoms with Crippen molar-refractivity contribution in [2.45, 2.75) is 18.9 Å². The number of benzene rings is 1. The van der Waals surface area contributed by atoms with Crippen LogP contribution in [-0.4, -0.2) is 72.7 Å². The van der Waals surface area contributed by atoms with Crippen LogP contribution in [0, 0.1) is 0 Å². The Bertz CT molecular complexity index is 1510. The molecule has 35 heavy (non-hydrogen) atoms. The van der Waals surface area contributed by atoms with Gasteiger partial charge in [-0.1, -0.05) is 11.6 Å². The fraction of sp³-hybridized carbons (Fsp3) is 0.400. The largest absolute Gasteiger partial charge is 0.378 e. The zero-order chi connectivity index (χ0) is 24.1. The summed E-state index contributed by atoms with van der Waals surface area (Å²) in [5, 5.41) is 4.14. The Morgan fingerprint density at radius 1 is 1.20 bits per heavy atom. The molecule has 1 N–H and O–H groups in total. The minimum atomic E-state index is -0.329. The number of likely N-dealkylation sites (N-methyl/N-ethyl adjacent to an activating group) is 1. The molecule has 4 aromatic rings. The lowest BCUT2D eigenvalue weighted by molar-refractivity contribution is 0.0913. The number of hydrogen-bond donors (Lipinski definition) is 1. The summed E-state index contributed by atoms with van der Waals surface area (Å²) in [5.41, 5.74) is 1.25. The molecule has 0 spiro atoms. The summed E-state index contributed by atoms with van der Waals surface area (Å²) in [6, 6.07) is 9.29. The number of aromatic nitrogens is 2. The number of carbonyl (C=O) groups is 1. The topological polar surface area (TPSA) is 79.2 Å². The highest BCUT2D eigenvalue weighted by molar-refractivity contribution is 7.24. The van der Waals surface area contributed by atoms with Crippen molar-refractivity contribution in [2.75, 3.05) is 51.3 Å². The Labute approximate surface area is 211 Å². The first-order valence-electron chi connectivity index (χ1n) is 11.9. The highest BCUT2D eigenvalue weighted by atomic mass is 35.5. The van der Waals surface area contributed by atoms with Gasteiger partial charge in [0.1, 0.15) is 16.2 Å². The van der Waals surface area contributed by atoms with Crippen LogP contribution < -0.4 is 15.6 Å². The van der Waals surface area contributed by atoms with Crippen LogP contribution in [0.15, 0.2) is 35.1 Å². The van der Waals surface area contributed by atoms with E-state index in [4.69, 9.17) is 21.3 Å². The molecule has 1 aromatic carbocycles. The molecule has 6 rings (SSSR count). The van der Waals surface area contributed by atoms with E-state index in [0.717, 1.165) is 55.1 Å². The summed E-state index contributed by atoms with van der Waals surface area (Å²) in [7, 11) is 2.05. The van der Waals surface area contributed by atoms with Gasteiger partial charge in [-0.15, -0.1) is 11.3 Å². The van der Waals surface area contributed by atoms with E-state index in [0.29, 0.717) is 34.1 Å². The van der Waals surface area contributed by atoms with Crippen LogP contribution in [0.4, 0.5) is 5.82 Å². The number of halogens is 1. The number of piperidine rings is 1. The third-order valence-corrected chi connectivity index (χ3v) is 8.23. The van der Waals surface area contributed by atoms with E-state index in [1.54, 1.807) is 6.07 Å². The molecule has 2 fully saturated rings. The fourth-order valence-electron chi connectivity index (χ4n) is 5.11. The summed E-state index contributed by atoms with van der Waals surface area (Å²) in [5.74, 6) is 0.461. The average molecular weight is 512 g/mol. The zero-order valence-corrected chi connectivity index (χ0v) is 21.0. The molecule has 3 aromatic heterocycles. The SMILES string of the molecule is CN1CCCC(NC(=O)c2c(=O)c3ccc(N4CCOCC4)nc3n3c2sc2ccc(Cl)cc23)C1. The molecule has 182 valence electrons. The summed E-state index contributed by atoms with van der Waals surface area (Å²) in [6.07, 6.45) is 1.92. The molecule has 0 saturated carbocycles. The Kier molecular flexibility index (Phi) is 5.88. The van der Waals surface area contributed by atoms with E-state index >= 15 is 0 Å². The van der Waals surface area contributed by atoms with Crippen LogP contribution in [0.3, 0.4) is 0 Å². The molecule has 1 amide bonds. The first-order valence-corrected chi connectivity index (χ1v) is 13.1. The maximum absolute atomic E-state index is 13.7. The normalized spacial score (nSPS) is 19.6. The first-order chi connectivity index (χ1) is 17.0. The molecule has 0 radical (unpaired) electrons. The number of anilines is 1. The second kappa shape index (κ2) is 9.05. The molecule has 0 bridgehead atoms. The Morgan fingerprint density at radius 3 is 2.83 bits per heavy atom. The van der Waals surface area contributed by atoms with Crippen molar-refractivity contribution < 1.29 is 9.53 Å². The second-order valence-corrected chi connectivity index (χ2v) is 10.7. The van der Waals surface area contributed by atoms with E-state index in [-0.39, 0.29) is 22.9 Å². The highest BCUT2D eigenvalue weighted by Crippen LogP contribution is 2.33. The Balaban J connectivity index is 1.56. The number of morpholine rings is 1. The molecular weight excluding hydrogens is 486 g/mol. The number of fused-ring (bicyclic) bond motifs is 5. The summed E-state index contributed by atoms with van der Waals surface area (Å²) >= 11 is 7.78. The number of carbonyl (C=O) groups excluding carboxylic acids is 1. The number of nitrogens with zero attached hydrogens (tertiary/aromatic N) is 4. The van der Waals surface area contributed by atoms with Crippen molar-refractivity contribution in [1.82, 2.24) is 19.6 Å². The number of pyridine rings is 2. The standard InChI is InChI=1S/C25H26ClN5O3S/c1-29-8-2-3-16(14-29)27-24(33)21-22(32)17-5-7-20(30-9-11-34-12-10-30)28-23(17)31-18-13-15(26)4-6-19(18)35-25(21)31/h4-7,13,16H,2-3,8-12,14H2,1H3,(H,27,33). The number of nitrogens with one attached hydrogen (secondary N) is 1. The Morgan fingerprint density at radius 2 is 2.03 bits per heavy atom. The van der Waals surface area contributed by atoms with Crippen molar-refractivity contribution >= 4 is 60.7 Å². The number of rotatable bonds is 3. The molecule has 2 aliphatic heterocycles. The van der Waals surface area contributed by atoms with Crippen LogP contribution in [0.25, 0.3) is 26.1 Å². The van der Waals surface area contributed by atoms with Gasteiger partial charge in [0.25, 0.3) is 5.91 Å². The molecule has 5 heterocycles. The summed E-state index contributed by atoms with van der Waals surface area (Å²) in [4.78, 5) is 37.2. The van der Waals surface area contributed by atoms with Gasteiger partial charge in [-0.3, -0.25) is 14.0 Å². The quantitative estimate of drug-likeness (QED) is 0.454. The van der Waals surface area contributed by atoms with Gasteiger partial charge in [-0.05, 0) is 56.8 Å². The van der Waals surface area contributed by atoms with E-state index in [9.17, 15) is 9.59 Å². The summed E-state index contributed by atoms with van der Waals surface area (Å²) in [6.45, 7) is 4.55. The second-order valence-electron chi connectivity index (χ2n) is 9.27. The van der Waals surface area contributed by atoms with Crippen molar-refractivity contribution in [3.05, 3.63) is 51.1 Å². The molecule has 2 saturated heterocycles. The molecule has 10 heteroatoms. The smallest absolute Gasteiger partial charge is 0.258 e. The average Bonchev–Trinajstić information content (AvgIpc) is 3.22. The fourth-order valence-corrected chi connectivity index (χ4v) is 6.44. The van der Waals surface area contributed by atoms with Gasteiger partial charge in [0.05, 0.1) is 28.8 Å². The van der Waals surface area contributed by atoms with E-state index < -0.39 is 0 Å². The van der Waals surface area contributed by atoms with Crippen molar-refractivity contribution in [3.8, 4) is 0 Å². The highest BCUT2D eigenvalue weighted by Gasteiger charge is 2.26. The lowest BCUT2D eigenvalue weighted by Gasteiger charge is -2.30. The molecule has 2 aliphatic rings. The van der Waals surface area contributed by atoms with Crippen molar-refractivity contribution in [1.29, 1.82) is 0 Å². The number of ether oxygens (including phenoxy) is 1. The lowest BCUT2D eigenvalue weighted by atomic mass is 10.1. The van der Waals surface area contributed by atoms with Crippen LogP contribution in [0.1, 0.15) is 23.2 Å². The first kappa shape index (κ1) is 22.7. The van der Waals surface area contributed by atoms with E-state index in [1.165, 1.54) is 11.3 Å². The molecular formula is C25H26ClN5O3S. The number of hydrogen-bond acceptors (Lipinski definition) is 7. The molecule has 1 unspecified atom stereocenters. The van der Waals surface area contributed by atoms with Gasteiger partial charge in [0.2, 0.25) is 5.43 Å². The van der Waals surface area contributed by atoms with Crippen LogP contribution >= 0.6 is 22.9 Å². The molecule has 1 atom stereocenters. The van der Waals surface area contributed by atoms with Gasteiger partial charge < -0.3 is 19.9 Å². The number of thiazole rings is 1. The van der Waals surface area contributed by atoms with Gasteiger partial charge in [0.15, 0.2) is 5.65 Å². The third kappa shape index (κ3) is 4.06. The van der Waals surface area contributed by atoms with Gasteiger partial charge in [-0.2, -0.15) is 0 Å². The van der Waals surface area contributed by atoms with Crippen LogP contribution in [-0.2, 0) is 4.74 Å². The zero-order valence-electron chi connectivity index (χ0n) is 19.4. The van der Waals surface area contributed by atoms with Crippen molar-refractivity contribution in [3.63, 3.8) is 0 Å².